The summed E-state index contributed by atoms with van der Waals surface area (Å²) in [5.41, 5.74) is 0.599. The van der Waals surface area contributed by atoms with Crippen LogP contribution in [0.1, 0.15) is 17.3 Å². The van der Waals surface area contributed by atoms with Crippen LogP contribution in [-0.4, -0.2) is 16.1 Å². The van der Waals surface area contributed by atoms with Gasteiger partial charge in [-0.25, -0.2) is 0 Å². The first-order valence-electron chi connectivity index (χ1n) is 2.96. The van der Waals surface area contributed by atoms with Crippen LogP contribution in [0.2, 0.25) is 0 Å². The first-order chi connectivity index (χ1) is 4.79. The van der Waals surface area contributed by atoms with E-state index in [0.717, 1.165) is 17.4 Å². The third-order valence-corrected chi connectivity index (χ3v) is 2.09. The standard InChI is InChI=1S/C6H7BrN2O/c1-2-9-6(7)5(4-10)3-8-9/h3-4H,2H2,1H3. The maximum atomic E-state index is 10.3. The highest BCUT2D eigenvalue weighted by Gasteiger charge is 2.03. The van der Waals surface area contributed by atoms with E-state index in [1.54, 1.807) is 10.9 Å². The van der Waals surface area contributed by atoms with Crippen molar-refractivity contribution in [3.8, 4) is 0 Å². The fourth-order valence-corrected chi connectivity index (χ4v) is 1.22. The van der Waals surface area contributed by atoms with Crippen LogP contribution < -0.4 is 0 Å². The second-order valence-electron chi connectivity index (χ2n) is 1.82. The first-order valence-corrected chi connectivity index (χ1v) is 3.75. The average molecular weight is 203 g/mol. The van der Waals surface area contributed by atoms with E-state index >= 15 is 0 Å². The number of aryl methyl sites for hydroxylation is 1. The van der Waals surface area contributed by atoms with E-state index in [-0.39, 0.29) is 0 Å². The third-order valence-electron chi connectivity index (χ3n) is 1.23. The highest BCUT2D eigenvalue weighted by atomic mass is 79.9. The smallest absolute Gasteiger partial charge is 0.154 e. The number of hydrogen-bond donors (Lipinski definition) is 0. The van der Waals surface area contributed by atoms with Crippen molar-refractivity contribution in [3.63, 3.8) is 0 Å². The minimum Gasteiger partial charge on any atom is -0.298 e. The molecule has 0 bridgehead atoms. The lowest BCUT2D eigenvalue weighted by Gasteiger charge is -1.94. The Morgan fingerprint density at radius 1 is 1.90 bits per heavy atom. The van der Waals surface area contributed by atoms with Gasteiger partial charge < -0.3 is 0 Å². The van der Waals surface area contributed by atoms with E-state index in [1.807, 2.05) is 6.92 Å². The fourth-order valence-electron chi connectivity index (χ4n) is 0.684. The lowest BCUT2D eigenvalue weighted by molar-refractivity contribution is 0.112. The molecule has 1 aromatic rings. The van der Waals surface area contributed by atoms with Crippen molar-refractivity contribution in [2.24, 2.45) is 0 Å². The summed E-state index contributed by atoms with van der Waals surface area (Å²) in [6.07, 6.45) is 2.32. The lowest BCUT2D eigenvalue weighted by Crippen LogP contribution is -1.95. The number of rotatable bonds is 2. The molecule has 0 aromatic carbocycles. The van der Waals surface area contributed by atoms with E-state index < -0.39 is 0 Å². The van der Waals surface area contributed by atoms with Gasteiger partial charge >= 0.3 is 0 Å². The largest absolute Gasteiger partial charge is 0.298 e. The van der Waals surface area contributed by atoms with Crippen molar-refractivity contribution in [2.75, 3.05) is 0 Å². The predicted molar refractivity (Wildman–Crippen MR) is 41.0 cm³/mol. The average Bonchev–Trinajstić information content (AvgIpc) is 2.30. The zero-order valence-electron chi connectivity index (χ0n) is 5.54. The molecular formula is C6H7BrN2O. The van der Waals surface area contributed by atoms with Crippen LogP contribution in [0.15, 0.2) is 10.8 Å². The molecule has 0 atom stereocenters. The quantitative estimate of drug-likeness (QED) is 0.682. The maximum absolute atomic E-state index is 10.3. The van der Waals surface area contributed by atoms with Crippen LogP contribution >= 0.6 is 15.9 Å². The first kappa shape index (κ1) is 7.47. The summed E-state index contributed by atoms with van der Waals surface area (Å²) < 4.78 is 2.47. The topological polar surface area (TPSA) is 34.9 Å². The Bertz CT molecular complexity index is 244. The van der Waals surface area contributed by atoms with E-state index in [9.17, 15) is 4.79 Å². The highest BCUT2D eigenvalue weighted by molar-refractivity contribution is 9.10. The van der Waals surface area contributed by atoms with Crippen LogP contribution in [0, 0.1) is 0 Å². The number of aldehydes is 1. The van der Waals surface area contributed by atoms with Gasteiger partial charge in [0.05, 0.1) is 11.8 Å². The van der Waals surface area contributed by atoms with Gasteiger partial charge in [-0.1, -0.05) is 0 Å². The third kappa shape index (κ3) is 1.11. The SMILES string of the molecule is CCn1ncc(C=O)c1Br. The summed E-state index contributed by atoms with van der Waals surface area (Å²) in [7, 11) is 0. The van der Waals surface area contributed by atoms with Gasteiger partial charge in [-0.2, -0.15) is 5.10 Å². The van der Waals surface area contributed by atoms with E-state index in [2.05, 4.69) is 21.0 Å². The van der Waals surface area contributed by atoms with Crippen LogP contribution in [0.4, 0.5) is 0 Å². The molecule has 0 unspecified atom stereocenters. The van der Waals surface area contributed by atoms with Gasteiger partial charge in [0.1, 0.15) is 4.60 Å². The van der Waals surface area contributed by atoms with Crippen LogP contribution in [-0.2, 0) is 6.54 Å². The van der Waals surface area contributed by atoms with Crippen molar-refractivity contribution < 1.29 is 4.79 Å². The van der Waals surface area contributed by atoms with E-state index in [1.165, 1.54) is 0 Å². The molecule has 0 amide bonds. The Labute approximate surface area is 67.2 Å². The van der Waals surface area contributed by atoms with Crippen molar-refractivity contribution in [3.05, 3.63) is 16.4 Å². The number of hydrogen-bond acceptors (Lipinski definition) is 2. The van der Waals surface area contributed by atoms with E-state index in [4.69, 9.17) is 0 Å². The zero-order chi connectivity index (χ0) is 7.56. The second kappa shape index (κ2) is 2.96. The molecule has 10 heavy (non-hydrogen) atoms. The molecule has 0 aliphatic rings. The highest BCUT2D eigenvalue weighted by Crippen LogP contribution is 2.13. The van der Waals surface area contributed by atoms with E-state index in [0.29, 0.717) is 5.56 Å². The van der Waals surface area contributed by atoms with Crippen LogP contribution in [0.25, 0.3) is 0 Å². The van der Waals surface area contributed by atoms with Crippen molar-refractivity contribution in [2.45, 2.75) is 13.5 Å². The number of aromatic nitrogens is 2. The monoisotopic (exact) mass is 202 g/mol. The Hall–Kier alpha value is -0.640. The van der Waals surface area contributed by atoms with Crippen molar-refractivity contribution >= 4 is 22.2 Å². The molecule has 0 saturated heterocycles. The minimum atomic E-state index is 0.599. The van der Waals surface area contributed by atoms with Crippen LogP contribution in [0.5, 0.6) is 0 Å². The zero-order valence-corrected chi connectivity index (χ0v) is 7.13. The molecule has 0 radical (unpaired) electrons. The molecule has 1 aromatic heterocycles. The molecule has 0 saturated carbocycles. The fraction of sp³-hybridized carbons (Fsp3) is 0.333. The van der Waals surface area contributed by atoms with Gasteiger partial charge in [0, 0.05) is 6.54 Å². The van der Waals surface area contributed by atoms with Crippen LogP contribution in [0.3, 0.4) is 0 Å². The predicted octanol–water partition coefficient (Wildman–Crippen LogP) is 1.48. The molecule has 3 nitrogen and oxygen atoms in total. The van der Waals surface area contributed by atoms with Gasteiger partial charge in [-0.3, -0.25) is 9.48 Å². The molecule has 0 fully saturated rings. The number of nitrogens with zero attached hydrogens (tertiary/aromatic N) is 2. The minimum absolute atomic E-state index is 0.599. The van der Waals surface area contributed by atoms with Gasteiger partial charge in [-0.15, -0.1) is 0 Å². The van der Waals surface area contributed by atoms with Gasteiger partial charge in [0.25, 0.3) is 0 Å². The summed E-state index contributed by atoms with van der Waals surface area (Å²) in [4.78, 5) is 10.3. The Balaban J connectivity index is 3.08. The summed E-state index contributed by atoms with van der Waals surface area (Å²) in [5, 5.41) is 3.94. The molecule has 4 heteroatoms. The molecule has 1 heterocycles. The summed E-state index contributed by atoms with van der Waals surface area (Å²) in [6, 6.07) is 0. The van der Waals surface area contributed by atoms with Crippen molar-refractivity contribution in [1.29, 1.82) is 0 Å². The molecular weight excluding hydrogens is 196 g/mol. The molecule has 1 rings (SSSR count). The number of halogens is 1. The Morgan fingerprint density at radius 3 is 2.90 bits per heavy atom. The summed E-state index contributed by atoms with van der Waals surface area (Å²) in [6.45, 7) is 2.74. The number of carbonyl (C=O) groups excluding carboxylic acids is 1. The van der Waals surface area contributed by atoms with Gasteiger partial charge in [0.2, 0.25) is 0 Å². The summed E-state index contributed by atoms with van der Waals surface area (Å²) in [5.74, 6) is 0. The molecule has 54 valence electrons. The summed E-state index contributed by atoms with van der Waals surface area (Å²) >= 11 is 3.24. The Morgan fingerprint density at radius 2 is 2.60 bits per heavy atom. The van der Waals surface area contributed by atoms with Gasteiger partial charge in [-0.05, 0) is 22.9 Å². The second-order valence-corrected chi connectivity index (χ2v) is 2.58. The maximum Gasteiger partial charge on any atom is 0.154 e. The molecule has 0 aliphatic carbocycles. The molecule has 0 spiro atoms. The molecule has 0 N–H and O–H groups in total. The Kier molecular flexibility index (Phi) is 2.21. The normalized spacial score (nSPS) is 9.80. The van der Waals surface area contributed by atoms with Crippen molar-refractivity contribution in [1.82, 2.24) is 9.78 Å². The molecule has 0 aliphatic heterocycles. The lowest BCUT2D eigenvalue weighted by atomic mass is 10.4. The van der Waals surface area contributed by atoms with Gasteiger partial charge in [0.15, 0.2) is 6.29 Å². The number of carbonyl (C=O) groups is 1.